The van der Waals surface area contributed by atoms with E-state index in [9.17, 15) is 14.4 Å². The zero-order valence-corrected chi connectivity index (χ0v) is 24.5. The Labute approximate surface area is 225 Å². The van der Waals surface area contributed by atoms with Gasteiger partial charge in [-0.3, -0.25) is 14.4 Å². The molecule has 6 heteroatoms. The topological polar surface area (TPSA) is 75.7 Å². The number of amides is 1. The van der Waals surface area contributed by atoms with Crippen molar-refractivity contribution in [3.05, 3.63) is 0 Å². The molecule has 9 atom stereocenters. The molecule has 1 amide bonds. The van der Waals surface area contributed by atoms with E-state index < -0.39 is 11.5 Å². The molecule has 0 radical (unpaired) electrons. The number of carbonyl (C=O) groups is 3. The van der Waals surface area contributed by atoms with Gasteiger partial charge in [0.05, 0.1) is 5.92 Å². The summed E-state index contributed by atoms with van der Waals surface area (Å²) in [6.07, 6.45) is 10.3. The van der Waals surface area contributed by atoms with Crippen molar-refractivity contribution < 1.29 is 19.1 Å². The number of ketones is 1. The first-order valence-electron chi connectivity index (χ1n) is 14.9. The van der Waals surface area contributed by atoms with Gasteiger partial charge in [-0.2, -0.15) is 0 Å². The van der Waals surface area contributed by atoms with Gasteiger partial charge < -0.3 is 15.0 Å². The molecule has 0 saturated heterocycles. The van der Waals surface area contributed by atoms with E-state index >= 15 is 0 Å². The Hall–Kier alpha value is -1.43. The van der Waals surface area contributed by atoms with Gasteiger partial charge in [0, 0.05) is 25.4 Å². The van der Waals surface area contributed by atoms with Gasteiger partial charge in [0.15, 0.2) is 0 Å². The number of likely N-dealkylation sites (N-methyl/N-ethyl adjacent to an activating group) is 1. The second-order valence-electron chi connectivity index (χ2n) is 14.3. The molecule has 0 aromatic rings. The summed E-state index contributed by atoms with van der Waals surface area (Å²) in [4.78, 5) is 39.7. The number of ether oxygens (including phenoxy) is 1. The summed E-state index contributed by atoms with van der Waals surface area (Å²) in [7, 11) is 3.94. The van der Waals surface area contributed by atoms with Crippen LogP contribution in [0.25, 0.3) is 0 Å². The third-order valence-electron chi connectivity index (χ3n) is 11.5. The summed E-state index contributed by atoms with van der Waals surface area (Å²) in [6, 6.07) is 0. The molecule has 37 heavy (non-hydrogen) atoms. The van der Waals surface area contributed by atoms with Crippen molar-refractivity contribution in [2.75, 3.05) is 27.2 Å². The SMILES string of the molecule is CC(=O)[C@H]1CC[C@H]2[C@@H]3CC[C@H]4C[C@](C)(OC(=O)C(C)CC(=O)NCCN(C)C)CC[C@]4(C)[C@H]3CC[C@]12C. The Morgan fingerprint density at radius 1 is 0.946 bits per heavy atom. The van der Waals surface area contributed by atoms with Crippen LogP contribution >= 0.6 is 0 Å². The maximum atomic E-state index is 13.0. The Kier molecular flexibility index (Phi) is 8.20. The van der Waals surface area contributed by atoms with Crippen LogP contribution in [0.5, 0.6) is 0 Å². The van der Waals surface area contributed by atoms with E-state index in [0.717, 1.165) is 44.1 Å². The van der Waals surface area contributed by atoms with Crippen LogP contribution in [0.1, 0.15) is 98.8 Å². The first-order chi connectivity index (χ1) is 17.3. The second kappa shape index (κ2) is 10.6. The lowest BCUT2D eigenvalue weighted by Gasteiger charge is -2.62. The van der Waals surface area contributed by atoms with Crippen LogP contribution in [-0.4, -0.2) is 55.3 Å². The third-order valence-corrected chi connectivity index (χ3v) is 11.5. The largest absolute Gasteiger partial charge is 0.459 e. The smallest absolute Gasteiger partial charge is 0.309 e. The van der Waals surface area contributed by atoms with Gasteiger partial charge >= 0.3 is 5.97 Å². The van der Waals surface area contributed by atoms with Crippen LogP contribution in [-0.2, 0) is 19.1 Å². The number of nitrogens with one attached hydrogen (secondary N) is 1. The van der Waals surface area contributed by atoms with E-state index in [-0.39, 0.29) is 29.6 Å². The predicted molar refractivity (Wildman–Crippen MR) is 146 cm³/mol. The van der Waals surface area contributed by atoms with Gasteiger partial charge in [-0.05, 0) is 120 Å². The summed E-state index contributed by atoms with van der Waals surface area (Å²) in [5.74, 6) is 2.61. The Bertz CT molecular complexity index is 888. The highest BCUT2D eigenvalue weighted by atomic mass is 16.6. The van der Waals surface area contributed by atoms with E-state index in [1.165, 1.54) is 32.1 Å². The lowest BCUT2D eigenvalue weighted by Crippen LogP contribution is -2.56. The molecule has 1 N–H and O–H groups in total. The van der Waals surface area contributed by atoms with Crippen LogP contribution < -0.4 is 5.32 Å². The van der Waals surface area contributed by atoms with Crippen molar-refractivity contribution in [2.24, 2.45) is 46.3 Å². The Morgan fingerprint density at radius 2 is 1.65 bits per heavy atom. The van der Waals surface area contributed by atoms with Crippen molar-refractivity contribution in [2.45, 2.75) is 104 Å². The molecule has 0 aromatic carbocycles. The van der Waals surface area contributed by atoms with E-state index in [2.05, 4.69) is 26.1 Å². The summed E-state index contributed by atoms with van der Waals surface area (Å²) in [5, 5.41) is 2.90. The van der Waals surface area contributed by atoms with E-state index in [0.29, 0.717) is 29.6 Å². The monoisotopic (exact) mass is 516 g/mol. The molecule has 4 saturated carbocycles. The molecule has 0 spiro atoms. The number of Topliss-reactive ketones (excluding diaryl/α,β-unsaturated/α-hetero) is 1. The maximum Gasteiger partial charge on any atom is 0.309 e. The molecule has 0 heterocycles. The molecular weight excluding hydrogens is 464 g/mol. The molecule has 6 nitrogen and oxygen atoms in total. The Balaban J connectivity index is 1.35. The van der Waals surface area contributed by atoms with Gasteiger partial charge in [-0.25, -0.2) is 0 Å². The highest BCUT2D eigenvalue weighted by Crippen LogP contribution is 2.68. The quantitative estimate of drug-likeness (QED) is 0.447. The molecule has 0 bridgehead atoms. The highest BCUT2D eigenvalue weighted by Gasteiger charge is 2.61. The molecule has 4 aliphatic carbocycles. The van der Waals surface area contributed by atoms with Crippen molar-refractivity contribution in [3.8, 4) is 0 Å². The number of fused-ring (bicyclic) bond motifs is 5. The normalized spacial score (nSPS) is 41.8. The van der Waals surface area contributed by atoms with Gasteiger partial charge in [0.2, 0.25) is 5.91 Å². The number of nitrogens with zero attached hydrogens (tertiary/aromatic N) is 1. The molecular formula is C31H52N2O4. The van der Waals surface area contributed by atoms with Crippen molar-refractivity contribution >= 4 is 17.7 Å². The number of hydrogen-bond acceptors (Lipinski definition) is 5. The lowest BCUT2D eigenvalue weighted by atomic mass is 9.44. The fraction of sp³-hybridized carbons (Fsp3) is 0.903. The van der Waals surface area contributed by atoms with Crippen LogP contribution in [0, 0.1) is 46.3 Å². The zero-order chi connectivity index (χ0) is 27.2. The first-order valence-corrected chi connectivity index (χ1v) is 14.9. The summed E-state index contributed by atoms with van der Waals surface area (Å²) >= 11 is 0. The molecule has 4 rings (SSSR count). The minimum absolute atomic E-state index is 0.0887. The molecule has 4 aliphatic rings. The number of rotatable bonds is 8. The van der Waals surface area contributed by atoms with Crippen LogP contribution in [0.3, 0.4) is 0 Å². The molecule has 0 aliphatic heterocycles. The second-order valence-corrected chi connectivity index (χ2v) is 14.3. The summed E-state index contributed by atoms with van der Waals surface area (Å²) in [5.41, 5.74) is 0.0479. The number of carbonyl (C=O) groups excluding carboxylic acids is 3. The molecule has 0 aromatic heterocycles. The summed E-state index contributed by atoms with van der Waals surface area (Å²) in [6.45, 7) is 12.0. The van der Waals surface area contributed by atoms with E-state index in [4.69, 9.17) is 4.74 Å². The molecule has 4 fully saturated rings. The van der Waals surface area contributed by atoms with Gasteiger partial charge in [0.1, 0.15) is 11.4 Å². The van der Waals surface area contributed by atoms with E-state index in [1.807, 2.05) is 32.8 Å². The zero-order valence-electron chi connectivity index (χ0n) is 24.5. The van der Waals surface area contributed by atoms with Crippen molar-refractivity contribution in [1.82, 2.24) is 10.2 Å². The van der Waals surface area contributed by atoms with Crippen LogP contribution in [0.4, 0.5) is 0 Å². The predicted octanol–water partition coefficient (Wildman–Crippen LogP) is 5.24. The fourth-order valence-corrected chi connectivity index (χ4v) is 9.37. The van der Waals surface area contributed by atoms with Crippen molar-refractivity contribution in [1.29, 1.82) is 0 Å². The maximum absolute atomic E-state index is 13.0. The van der Waals surface area contributed by atoms with Crippen molar-refractivity contribution in [3.63, 3.8) is 0 Å². The lowest BCUT2D eigenvalue weighted by molar-refractivity contribution is -0.184. The minimum Gasteiger partial charge on any atom is -0.459 e. The van der Waals surface area contributed by atoms with Crippen LogP contribution in [0.15, 0.2) is 0 Å². The van der Waals surface area contributed by atoms with Gasteiger partial charge in [0.25, 0.3) is 0 Å². The average Bonchev–Trinajstić information content (AvgIpc) is 3.17. The highest BCUT2D eigenvalue weighted by molar-refractivity contribution is 5.83. The third kappa shape index (κ3) is 5.51. The molecule has 210 valence electrons. The fourth-order valence-electron chi connectivity index (χ4n) is 9.37. The first kappa shape index (κ1) is 28.6. The molecule has 1 unspecified atom stereocenters. The summed E-state index contributed by atoms with van der Waals surface area (Å²) < 4.78 is 6.18. The number of esters is 1. The Morgan fingerprint density at radius 3 is 2.32 bits per heavy atom. The van der Waals surface area contributed by atoms with Crippen LogP contribution in [0.2, 0.25) is 0 Å². The van der Waals surface area contributed by atoms with Gasteiger partial charge in [-0.1, -0.05) is 20.8 Å². The van der Waals surface area contributed by atoms with Gasteiger partial charge in [-0.15, -0.1) is 0 Å². The van der Waals surface area contributed by atoms with E-state index in [1.54, 1.807) is 0 Å². The minimum atomic E-state index is -0.444. The standard InChI is InChI=1S/C31H52N2O4/c1-20(18-27(35)32-16-17-33(6)7)28(36)37-29(3)14-15-30(4)22(19-29)8-9-23-25-11-10-24(21(2)34)31(25,5)13-12-26(23)30/h20,22-26H,8-19H2,1-7H3,(H,32,35)/t20?,22-,23-,24+,25-,26-,29+,30-,31+/m0/s1. The number of hydrogen-bond donors (Lipinski definition) is 1. The average molecular weight is 517 g/mol.